The minimum Gasteiger partial charge on any atom is -0.360 e. The van der Waals surface area contributed by atoms with E-state index < -0.39 is 23.2 Å². The first kappa shape index (κ1) is 22.4. The van der Waals surface area contributed by atoms with Gasteiger partial charge in [0.2, 0.25) is 5.13 Å². The van der Waals surface area contributed by atoms with Gasteiger partial charge in [-0.2, -0.15) is 4.39 Å². The summed E-state index contributed by atoms with van der Waals surface area (Å²) in [5.41, 5.74) is 0. The Bertz CT molecular complexity index is 1120. The molecular formula is C19H22BrFN2O3S2Si. The van der Waals surface area contributed by atoms with Crippen molar-refractivity contribution < 1.29 is 17.5 Å². The average Bonchev–Trinajstić information content (AvgIpc) is 3.06. The summed E-state index contributed by atoms with van der Waals surface area (Å²) in [4.78, 5) is 4.03. The number of hydrogen-bond donors (Lipinski definition) is 0. The first-order valence-corrected chi connectivity index (χ1v) is 15.7. The zero-order valence-electron chi connectivity index (χ0n) is 16.4. The topological polar surface area (TPSA) is 59.5 Å². The predicted molar refractivity (Wildman–Crippen MR) is 122 cm³/mol. The number of ether oxygens (including phenoxy) is 1. The number of sulfonamides is 1. The van der Waals surface area contributed by atoms with Gasteiger partial charge in [-0.25, -0.2) is 17.7 Å². The van der Waals surface area contributed by atoms with E-state index in [9.17, 15) is 12.8 Å². The van der Waals surface area contributed by atoms with Gasteiger partial charge < -0.3 is 4.74 Å². The van der Waals surface area contributed by atoms with Crippen LogP contribution in [0.3, 0.4) is 0 Å². The van der Waals surface area contributed by atoms with E-state index in [1.54, 1.807) is 18.2 Å². The lowest BCUT2D eigenvalue weighted by Gasteiger charge is -2.23. The average molecular weight is 518 g/mol. The molecule has 0 spiro atoms. The van der Waals surface area contributed by atoms with E-state index in [-0.39, 0.29) is 16.8 Å². The normalized spacial score (nSPS) is 12.4. The Hall–Kier alpha value is -1.33. The molecule has 1 heterocycles. The number of rotatable bonds is 8. The van der Waals surface area contributed by atoms with E-state index in [0.717, 1.165) is 31.8 Å². The van der Waals surface area contributed by atoms with Crippen LogP contribution in [0.5, 0.6) is 0 Å². The molecule has 29 heavy (non-hydrogen) atoms. The molecule has 3 rings (SSSR count). The Morgan fingerprint density at radius 2 is 2.00 bits per heavy atom. The number of benzene rings is 2. The smallest absolute Gasteiger partial charge is 0.268 e. The zero-order chi connectivity index (χ0) is 21.2. The molecule has 0 atom stereocenters. The van der Waals surface area contributed by atoms with Crippen molar-refractivity contribution in [2.24, 2.45) is 0 Å². The van der Waals surface area contributed by atoms with Crippen molar-refractivity contribution in [2.75, 3.05) is 17.6 Å². The quantitative estimate of drug-likeness (QED) is 0.218. The minimum absolute atomic E-state index is 0.0462. The molecule has 0 aliphatic carbocycles. The fourth-order valence-electron chi connectivity index (χ4n) is 2.62. The van der Waals surface area contributed by atoms with Crippen molar-refractivity contribution in [3.8, 4) is 0 Å². The van der Waals surface area contributed by atoms with Gasteiger partial charge in [0.15, 0.2) is 5.13 Å². The molecule has 0 saturated carbocycles. The fourth-order valence-corrected chi connectivity index (χ4v) is 6.08. The third-order valence-electron chi connectivity index (χ3n) is 4.27. The lowest BCUT2D eigenvalue weighted by molar-refractivity contribution is 0.156. The zero-order valence-corrected chi connectivity index (χ0v) is 20.6. The molecular weight excluding hydrogens is 495 g/mol. The molecule has 10 heteroatoms. The van der Waals surface area contributed by atoms with E-state index in [2.05, 4.69) is 40.6 Å². The summed E-state index contributed by atoms with van der Waals surface area (Å²) in [5.74, 6) is 0. The van der Waals surface area contributed by atoms with E-state index in [4.69, 9.17) is 4.74 Å². The maximum absolute atomic E-state index is 13.6. The molecule has 0 fully saturated rings. The van der Waals surface area contributed by atoms with Gasteiger partial charge >= 0.3 is 0 Å². The first-order valence-electron chi connectivity index (χ1n) is 8.98. The predicted octanol–water partition coefficient (Wildman–Crippen LogP) is 5.71. The number of anilines is 1. The van der Waals surface area contributed by atoms with Crippen molar-refractivity contribution in [3.63, 3.8) is 0 Å². The summed E-state index contributed by atoms with van der Waals surface area (Å²) in [5, 5.41) is 1.18. The van der Waals surface area contributed by atoms with Crippen LogP contribution in [0.15, 0.2) is 52.0 Å². The standard InChI is InChI=1S/C19H22BrFN2O3S2Si/c1-29(2,3)10-9-26-13-23(19-22-12-18(21)27-19)28(24,25)15-7-8-16-14(11-15)5-4-6-17(16)20/h4-8,11-12H,9-10,13H2,1-3H3. The molecule has 0 bridgehead atoms. The van der Waals surface area contributed by atoms with Gasteiger partial charge in [0.05, 0.1) is 11.1 Å². The van der Waals surface area contributed by atoms with Crippen molar-refractivity contribution in [3.05, 3.63) is 52.2 Å². The molecule has 0 unspecified atom stereocenters. The van der Waals surface area contributed by atoms with Crippen LogP contribution in [0.1, 0.15) is 0 Å². The second-order valence-corrected chi connectivity index (χ2v) is 17.1. The highest BCUT2D eigenvalue weighted by molar-refractivity contribution is 9.10. The number of aromatic nitrogens is 1. The van der Waals surface area contributed by atoms with Gasteiger partial charge in [0.1, 0.15) is 6.73 Å². The maximum Gasteiger partial charge on any atom is 0.268 e. The Morgan fingerprint density at radius 3 is 2.66 bits per heavy atom. The van der Waals surface area contributed by atoms with Crippen LogP contribution in [-0.4, -0.2) is 34.8 Å². The molecule has 0 amide bonds. The Kier molecular flexibility index (Phi) is 6.79. The van der Waals surface area contributed by atoms with Crippen molar-refractivity contribution >= 4 is 61.3 Å². The molecule has 0 aliphatic heterocycles. The Labute approximate surface area is 183 Å². The van der Waals surface area contributed by atoms with Gasteiger partial charge in [-0.3, -0.25) is 0 Å². The van der Waals surface area contributed by atoms with Crippen LogP contribution in [0.2, 0.25) is 25.7 Å². The summed E-state index contributed by atoms with van der Waals surface area (Å²) >= 11 is 4.15. The van der Waals surface area contributed by atoms with Gasteiger partial charge in [-0.1, -0.05) is 65.1 Å². The first-order chi connectivity index (χ1) is 13.6. The molecule has 0 saturated heterocycles. The molecule has 1 aromatic heterocycles. The Morgan fingerprint density at radius 1 is 1.24 bits per heavy atom. The number of thiazole rings is 1. The summed E-state index contributed by atoms with van der Waals surface area (Å²) < 4.78 is 47.8. The highest BCUT2D eigenvalue weighted by Gasteiger charge is 2.28. The molecule has 156 valence electrons. The SMILES string of the molecule is C[Si](C)(C)CCOCN(c1ncc(F)s1)S(=O)(=O)c1ccc2c(Br)cccc2c1. The minimum atomic E-state index is -3.98. The fraction of sp³-hybridized carbons (Fsp3) is 0.316. The third kappa shape index (κ3) is 5.43. The van der Waals surface area contributed by atoms with Crippen LogP contribution in [0.25, 0.3) is 10.8 Å². The highest BCUT2D eigenvalue weighted by atomic mass is 79.9. The molecule has 0 aliphatic rings. The summed E-state index contributed by atoms with van der Waals surface area (Å²) in [6.07, 6.45) is 1.02. The van der Waals surface area contributed by atoms with E-state index >= 15 is 0 Å². The molecule has 0 radical (unpaired) electrons. The van der Waals surface area contributed by atoms with Crippen LogP contribution < -0.4 is 4.31 Å². The van der Waals surface area contributed by atoms with Crippen molar-refractivity contribution in [1.29, 1.82) is 0 Å². The lowest BCUT2D eigenvalue weighted by atomic mass is 10.1. The summed E-state index contributed by atoms with van der Waals surface area (Å²) in [7, 11) is -5.30. The van der Waals surface area contributed by atoms with Gasteiger partial charge in [-0.15, -0.1) is 0 Å². The van der Waals surface area contributed by atoms with Gasteiger partial charge in [0, 0.05) is 19.2 Å². The number of hydrogen-bond acceptors (Lipinski definition) is 5. The van der Waals surface area contributed by atoms with Crippen molar-refractivity contribution in [2.45, 2.75) is 30.6 Å². The lowest BCUT2D eigenvalue weighted by Crippen LogP contribution is -2.34. The van der Waals surface area contributed by atoms with Crippen LogP contribution in [0.4, 0.5) is 9.52 Å². The van der Waals surface area contributed by atoms with Gasteiger partial charge in [0.25, 0.3) is 10.0 Å². The van der Waals surface area contributed by atoms with E-state index in [1.807, 2.05) is 18.2 Å². The van der Waals surface area contributed by atoms with E-state index in [1.165, 1.54) is 0 Å². The molecule has 5 nitrogen and oxygen atoms in total. The number of halogens is 2. The highest BCUT2D eigenvalue weighted by Crippen LogP contribution is 2.31. The third-order valence-corrected chi connectivity index (χ3v) is 9.30. The Balaban J connectivity index is 1.93. The van der Waals surface area contributed by atoms with Crippen LogP contribution >= 0.6 is 27.3 Å². The molecule has 2 aromatic carbocycles. The second kappa shape index (κ2) is 8.81. The molecule has 0 N–H and O–H groups in total. The van der Waals surface area contributed by atoms with Gasteiger partial charge in [-0.05, 0) is 35.0 Å². The maximum atomic E-state index is 13.6. The number of nitrogens with zero attached hydrogens (tertiary/aromatic N) is 2. The van der Waals surface area contributed by atoms with Crippen molar-refractivity contribution in [1.82, 2.24) is 4.98 Å². The summed E-state index contributed by atoms with van der Waals surface area (Å²) in [6, 6.07) is 11.4. The monoisotopic (exact) mass is 516 g/mol. The van der Waals surface area contributed by atoms with E-state index in [0.29, 0.717) is 17.9 Å². The number of fused-ring (bicyclic) bond motifs is 1. The largest absolute Gasteiger partial charge is 0.360 e. The summed E-state index contributed by atoms with van der Waals surface area (Å²) in [6.45, 7) is 6.88. The molecule has 3 aromatic rings. The van der Waals surface area contributed by atoms with Crippen LogP contribution in [-0.2, 0) is 14.8 Å². The second-order valence-electron chi connectivity index (χ2n) is 7.77. The van der Waals surface area contributed by atoms with Crippen LogP contribution in [0, 0.1) is 5.13 Å².